The van der Waals surface area contributed by atoms with Gasteiger partial charge in [0, 0.05) is 45.8 Å². The van der Waals surface area contributed by atoms with Crippen LogP contribution in [-0.2, 0) is 9.53 Å². The number of ether oxygens (including phenoxy) is 1. The summed E-state index contributed by atoms with van der Waals surface area (Å²) in [6.45, 7) is 10.6. The predicted molar refractivity (Wildman–Crippen MR) is 85.5 cm³/mol. The Bertz CT molecular complexity index is 395. The number of amides is 2. The van der Waals surface area contributed by atoms with Gasteiger partial charge in [-0.05, 0) is 27.7 Å². The number of rotatable bonds is 4. The van der Waals surface area contributed by atoms with Crippen LogP contribution in [0.25, 0.3) is 0 Å². The SMILES string of the molecule is CCN(C)C(=O)CN1CCN(C(=O)OC(C)(C)C)CC1CN. The maximum absolute atomic E-state index is 12.1. The van der Waals surface area contributed by atoms with E-state index in [0.29, 0.717) is 39.3 Å². The number of nitrogens with zero attached hydrogens (tertiary/aromatic N) is 3. The Kier molecular flexibility index (Phi) is 6.62. The predicted octanol–water partition coefficient (Wildman–Crippen LogP) is 0.345. The number of carbonyl (C=O) groups is 2. The second-order valence-corrected chi connectivity index (χ2v) is 6.69. The molecule has 2 amide bonds. The van der Waals surface area contributed by atoms with E-state index in [4.69, 9.17) is 10.5 Å². The van der Waals surface area contributed by atoms with E-state index in [-0.39, 0.29) is 18.0 Å². The Hall–Kier alpha value is -1.34. The van der Waals surface area contributed by atoms with Crippen molar-refractivity contribution in [2.75, 3.05) is 46.3 Å². The van der Waals surface area contributed by atoms with Crippen LogP contribution in [0.3, 0.4) is 0 Å². The first-order valence-electron chi connectivity index (χ1n) is 7.84. The molecule has 0 aromatic rings. The molecule has 22 heavy (non-hydrogen) atoms. The maximum atomic E-state index is 12.1. The normalized spacial score (nSPS) is 19.9. The van der Waals surface area contributed by atoms with Gasteiger partial charge < -0.3 is 20.3 Å². The molecular formula is C15H30N4O3. The third kappa shape index (κ3) is 5.46. The van der Waals surface area contributed by atoms with Crippen molar-refractivity contribution in [2.45, 2.75) is 39.3 Å². The largest absolute Gasteiger partial charge is 0.444 e. The van der Waals surface area contributed by atoms with E-state index >= 15 is 0 Å². The molecule has 0 saturated carbocycles. The zero-order valence-corrected chi connectivity index (χ0v) is 14.5. The molecule has 1 atom stereocenters. The summed E-state index contributed by atoms with van der Waals surface area (Å²) in [5.74, 6) is 0.0756. The Morgan fingerprint density at radius 1 is 1.32 bits per heavy atom. The third-order valence-corrected chi connectivity index (χ3v) is 3.77. The van der Waals surface area contributed by atoms with Crippen molar-refractivity contribution in [2.24, 2.45) is 5.73 Å². The van der Waals surface area contributed by atoms with E-state index in [0.717, 1.165) is 0 Å². The van der Waals surface area contributed by atoms with Gasteiger partial charge in [-0.15, -0.1) is 0 Å². The van der Waals surface area contributed by atoms with Crippen molar-refractivity contribution in [1.29, 1.82) is 0 Å². The zero-order chi connectivity index (χ0) is 16.9. The number of likely N-dealkylation sites (N-methyl/N-ethyl adjacent to an activating group) is 1. The van der Waals surface area contributed by atoms with E-state index < -0.39 is 5.60 Å². The van der Waals surface area contributed by atoms with Crippen LogP contribution in [0.2, 0.25) is 0 Å². The Morgan fingerprint density at radius 2 is 1.95 bits per heavy atom. The average molecular weight is 314 g/mol. The molecule has 1 rings (SSSR count). The molecule has 1 saturated heterocycles. The molecule has 0 aliphatic carbocycles. The molecule has 0 radical (unpaired) electrons. The van der Waals surface area contributed by atoms with Crippen LogP contribution in [0.15, 0.2) is 0 Å². The number of carbonyl (C=O) groups excluding carboxylic acids is 2. The Labute approximate surface area is 133 Å². The van der Waals surface area contributed by atoms with Crippen LogP contribution in [0.4, 0.5) is 4.79 Å². The van der Waals surface area contributed by atoms with Crippen molar-refractivity contribution in [3.8, 4) is 0 Å². The van der Waals surface area contributed by atoms with Gasteiger partial charge in [0.25, 0.3) is 0 Å². The van der Waals surface area contributed by atoms with Crippen molar-refractivity contribution >= 4 is 12.0 Å². The molecule has 7 nitrogen and oxygen atoms in total. The summed E-state index contributed by atoms with van der Waals surface area (Å²) in [6, 6.07) is -0.0181. The van der Waals surface area contributed by atoms with Crippen molar-refractivity contribution in [1.82, 2.24) is 14.7 Å². The molecule has 2 N–H and O–H groups in total. The van der Waals surface area contributed by atoms with Crippen LogP contribution >= 0.6 is 0 Å². The number of hydrogen-bond donors (Lipinski definition) is 1. The monoisotopic (exact) mass is 314 g/mol. The molecule has 1 unspecified atom stereocenters. The first-order chi connectivity index (χ1) is 10.2. The quantitative estimate of drug-likeness (QED) is 0.810. The lowest BCUT2D eigenvalue weighted by Gasteiger charge is -2.41. The molecule has 1 aliphatic heterocycles. The van der Waals surface area contributed by atoms with Crippen LogP contribution < -0.4 is 5.73 Å². The van der Waals surface area contributed by atoms with Crippen LogP contribution in [0.5, 0.6) is 0 Å². The van der Waals surface area contributed by atoms with Crippen LogP contribution in [-0.4, -0.2) is 84.7 Å². The van der Waals surface area contributed by atoms with Gasteiger partial charge in [0.15, 0.2) is 0 Å². The lowest BCUT2D eigenvalue weighted by atomic mass is 10.1. The number of piperazine rings is 1. The summed E-state index contributed by atoms with van der Waals surface area (Å²) in [5, 5.41) is 0. The molecule has 128 valence electrons. The molecule has 7 heteroatoms. The average Bonchev–Trinajstić information content (AvgIpc) is 2.44. The lowest BCUT2D eigenvalue weighted by molar-refractivity contribution is -0.132. The standard InChI is InChI=1S/C15H30N4O3/c1-6-17(5)13(20)11-18-7-8-19(10-12(18)9-16)14(21)22-15(2,3)4/h12H,6-11,16H2,1-5H3. The molecule has 0 spiro atoms. The van der Waals surface area contributed by atoms with Gasteiger partial charge in [0.05, 0.1) is 6.54 Å². The summed E-state index contributed by atoms with van der Waals surface area (Å²) >= 11 is 0. The van der Waals surface area contributed by atoms with Gasteiger partial charge in [0.1, 0.15) is 5.60 Å². The van der Waals surface area contributed by atoms with Gasteiger partial charge in [0.2, 0.25) is 5.91 Å². The highest BCUT2D eigenvalue weighted by Gasteiger charge is 2.32. The summed E-state index contributed by atoms with van der Waals surface area (Å²) in [7, 11) is 1.79. The van der Waals surface area contributed by atoms with Gasteiger partial charge in [-0.1, -0.05) is 0 Å². The maximum Gasteiger partial charge on any atom is 0.410 e. The van der Waals surface area contributed by atoms with Gasteiger partial charge >= 0.3 is 6.09 Å². The second kappa shape index (κ2) is 7.78. The van der Waals surface area contributed by atoms with E-state index in [1.165, 1.54) is 0 Å². The smallest absolute Gasteiger partial charge is 0.410 e. The lowest BCUT2D eigenvalue weighted by Crippen LogP contribution is -2.59. The highest BCUT2D eigenvalue weighted by atomic mass is 16.6. The fourth-order valence-electron chi connectivity index (χ4n) is 2.29. The Balaban J connectivity index is 2.60. The zero-order valence-electron chi connectivity index (χ0n) is 14.5. The van der Waals surface area contributed by atoms with Crippen molar-refractivity contribution < 1.29 is 14.3 Å². The second-order valence-electron chi connectivity index (χ2n) is 6.69. The van der Waals surface area contributed by atoms with Crippen molar-refractivity contribution in [3.63, 3.8) is 0 Å². The molecule has 0 aromatic carbocycles. The van der Waals surface area contributed by atoms with E-state index in [2.05, 4.69) is 4.90 Å². The molecule has 1 fully saturated rings. The van der Waals surface area contributed by atoms with Crippen LogP contribution in [0, 0.1) is 0 Å². The van der Waals surface area contributed by atoms with Gasteiger partial charge in [-0.3, -0.25) is 9.69 Å². The summed E-state index contributed by atoms with van der Waals surface area (Å²) in [6.07, 6.45) is -0.317. The highest BCUT2D eigenvalue weighted by molar-refractivity contribution is 5.78. The van der Waals surface area contributed by atoms with E-state index in [1.807, 2.05) is 27.7 Å². The minimum absolute atomic E-state index is 0.0181. The molecule has 0 bridgehead atoms. The minimum atomic E-state index is -0.508. The summed E-state index contributed by atoms with van der Waals surface area (Å²) in [4.78, 5) is 29.6. The van der Waals surface area contributed by atoms with Gasteiger partial charge in [-0.25, -0.2) is 4.79 Å². The molecular weight excluding hydrogens is 284 g/mol. The first kappa shape index (κ1) is 18.7. The van der Waals surface area contributed by atoms with Gasteiger partial charge in [-0.2, -0.15) is 0 Å². The number of nitrogens with two attached hydrogens (primary N) is 1. The molecule has 0 aromatic heterocycles. The minimum Gasteiger partial charge on any atom is -0.444 e. The fraction of sp³-hybridized carbons (Fsp3) is 0.867. The summed E-state index contributed by atoms with van der Waals surface area (Å²) < 4.78 is 5.39. The molecule has 1 heterocycles. The molecule has 1 aliphatic rings. The van der Waals surface area contributed by atoms with E-state index in [9.17, 15) is 9.59 Å². The van der Waals surface area contributed by atoms with Crippen molar-refractivity contribution in [3.05, 3.63) is 0 Å². The van der Waals surface area contributed by atoms with E-state index in [1.54, 1.807) is 16.8 Å². The van der Waals surface area contributed by atoms with Crippen LogP contribution in [0.1, 0.15) is 27.7 Å². The summed E-state index contributed by atoms with van der Waals surface area (Å²) in [5.41, 5.74) is 5.31. The highest BCUT2D eigenvalue weighted by Crippen LogP contribution is 2.14. The third-order valence-electron chi connectivity index (χ3n) is 3.77. The Morgan fingerprint density at radius 3 is 2.45 bits per heavy atom. The number of hydrogen-bond acceptors (Lipinski definition) is 5. The first-order valence-corrected chi connectivity index (χ1v) is 7.84. The topological polar surface area (TPSA) is 79.1 Å². The fourth-order valence-corrected chi connectivity index (χ4v) is 2.29.